The number of hydrogen-bond donors (Lipinski definition) is 0. The van der Waals surface area contributed by atoms with Crippen molar-refractivity contribution in [1.82, 2.24) is 0 Å². The molecule has 0 fully saturated rings. The molecule has 1 rings (SSSR count). The molecule has 2 heteroatoms. The third-order valence-corrected chi connectivity index (χ3v) is 2.10. The van der Waals surface area contributed by atoms with Crippen LogP contribution in [0.25, 0.3) is 6.08 Å². The zero-order valence-electron chi connectivity index (χ0n) is 9.63. The summed E-state index contributed by atoms with van der Waals surface area (Å²) in [5, 5.41) is 0. The molecule has 0 aliphatic rings. The van der Waals surface area contributed by atoms with Crippen LogP contribution in [0.15, 0.2) is 49.1 Å². The van der Waals surface area contributed by atoms with E-state index in [-0.39, 0.29) is 6.10 Å². The first-order valence-corrected chi connectivity index (χ1v) is 5.31. The van der Waals surface area contributed by atoms with E-state index in [1.807, 2.05) is 36.4 Å². The number of ether oxygens (including phenoxy) is 2. The maximum atomic E-state index is 5.47. The Labute approximate surface area is 97.2 Å². The van der Waals surface area contributed by atoms with Crippen molar-refractivity contribution in [1.29, 1.82) is 0 Å². The first kappa shape index (κ1) is 12.7. The van der Waals surface area contributed by atoms with Crippen molar-refractivity contribution in [3.63, 3.8) is 0 Å². The summed E-state index contributed by atoms with van der Waals surface area (Å²) in [5.74, 6) is 0. The predicted octanol–water partition coefficient (Wildman–Crippen LogP) is 3.27. The molecule has 0 saturated heterocycles. The fraction of sp³-hybridized carbons (Fsp3) is 0.286. The molecule has 1 aromatic rings. The Kier molecular flexibility index (Phi) is 6.23. The van der Waals surface area contributed by atoms with Gasteiger partial charge >= 0.3 is 0 Å². The molecule has 0 aromatic heterocycles. The van der Waals surface area contributed by atoms with Crippen LogP contribution in [0.1, 0.15) is 12.0 Å². The van der Waals surface area contributed by atoms with E-state index in [1.54, 1.807) is 7.11 Å². The third-order valence-electron chi connectivity index (χ3n) is 2.10. The lowest BCUT2D eigenvalue weighted by molar-refractivity contribution is -0.0539. The standard InChI is InChI=1S/C14H18O2/c1-3-7-14(16-12-15-2)11-10-13-8-5-4-6-9-13/h3-6,8-11,14H,1,7,12H2,2H3/b11-10+. The van der Waals surface area contributed by atoms with Crippen molar-refractivity contribution in [2.75, 3.05) is 13.9 Å². The lowest BCUT2D eigenvalue weighted by Crippen LogP contribution is -2.10. The van der Waals surface area contributed by atoms with Crippen LogP contribution in [0.3, 0.4) is 0 Å². The van der Waals surface area contributed by atoms with E-state index in [0.717, 1.165) is 12.0 Å². The molecule has 0 radical (unpaired) electrons. The smallest absolute Gasteiger partial charge is 0.147 e. The molecule has 1 aromatic carbocycles. The van der Waals surface area contributed by atoms with Gasteiger partial charge in [0.1, 0.15) is 6.79 Å². The highest BCUT2D eigenvalue weighted by Crippen LogP contribution is 2.07. The van der Waals surface area contributed by atoms with E-state index in [0.29, 0.717) is 6.79 Å². The van der Waals surface area contributed by atoms with Crippen LogP contribution < -0.4 is 0 Å². The summed E-state index contributed by atoms with van der Waals surface area (Å²) in [6.07, 6.45) is 6.72. The molecule has 16 heavy (non-hydrogen) atoms. The molecule has 0 spiro atoms. The van der Waals surface area contributed by atoms with Gasteiger partial charge in [-0.15, -0.1) is 6.58 Å². The Morgan fingerprint density at radius 1 is 1.31 bits per heavy atom. The second-order valence-electron chi connectivity index (χ2n) is 3.41. The van der Waals surface area contributed by atoms with E-state index in [4.69, 9.17) is 9.47 Å². The van der Waals surface area contributed by atoms with E-state index < -0.39 is 0 Å². The van der Waals surface area contributed by atoms with Gasteiger partial charge in [-0.3, -0.25) is 0 Å². The molecule has 86 valence electrons. The third kappa shape index (κ3) is 4.91. The van der Waals surface area contributed by atoms with Crippen LogP contribution in [-0.2, 0) is 9.47 Å². The molecule has 0 bridgehead atoms. The molecule has 0 heterocycles. The van der Waals surface area contributed by atoms with Crippen LogP contribution in [0.4, 0.5) is 0 Å². The average Bonchev–Trinajstić information content (AvgIpc) is 2.34. The summed E-state index contributed by atoms with van der Waals surface area (Å²) in [7, 11) is 1.62. The highest BCUT2D eigenvalue weighted by atomic mass is 16.7. The first-order valence-electron chi connectivity index (χ1n) is 5.31. The minimum absolute atomic E-state index is 0.0256. The van der Waals surface area contributed by atoms with Crippen LogP contribution in [0, 0.1) is 0 Å². The van der Waals surface area contributed by atoms with Gasteiger partial charge in [0, 0.05) is 7.11 Å². The van der Waals surface area contributed by atoms with Gasteiger partial charge in [0.05, 0.1) is 6.10 Å². The molecule has 0 N–H and O–H groups in total. The number of rotatable bonds is 7. The van der Waals surface area contributed by atoms with Gasteiger partial charge in [-0.2, -0.15) is 0 Å². The molecule has 1 atom stereocenters. The Morgan fingerprint density at radius 2 is 2.06 bits per heavy atom. The Hall–Kier alpha value is -1.38. The van der Waals surface area contributed by atoms with Gasteiger partial charge < -0.3 is 9.47 Å². The first-order chi connectivity index (χ1) is 7.86. The average molecular weight is 218 g/mol. The lowest BCUT2D eigenvalue weighted by atomic mass is 10.1. The Bertz CT molecular complexity index is 317. The summed E-state index contributed by atoms with van der Waals surface area (Å²) in [6, 6.07) is 10.1. The van der Waals surface area contributed by atoms with E-state index in [2.05, 4.69) is 18.7 Å². The van der Waals surface area contributed by atoms with Crippen LogP contribution in [0.5, 0.6) is 0 Å². The summed E-state index contributed by atoms with van der Waals surface area (Å²) < 4.78 is 10.4. The second kappa shape index (κ2) is 7.85. The van der Waals surface area contributed by atoms with Gasteiger partial charge in [-0.05, 0) is 12.0 Å². The van der Waals surface area contributed by atoms with Gasteiger partial charge in [0.25, 0.3) is 0 Å². The van der Waals surface area contributed by atoms with Crippen LogP contribution in [0.2, 0.25) is 0 Å². The number of methoxy groups -OCH3 is 1. The SMILES string of the molecule is C=CCC(/C=C/c1ccccc1)OCOC. The summed E-state index contributed by atoms with van der Waals surface area (Å²) >= 11 is 0. The van der Waals surface area contributed by atoms with Crippen LogP contribution in [-0.4, -0.2) is 20.0 Å². The van der Waals surface area contributed by atoms with Crippen molar-refractivity contribution in [3.8, 4) is 0 Å². The quantitative estimate of drug-likeness (QED) is 0.516. The molecule has 2 nitrogen and oxygen atoms in total. The fourth-order valence-electron chi connectivity index (χ4n) is 1.30. The van der Waals surface area contributed by atoms with E-state index >= 15 is 0 Å². The zero-order chi connectivity index (χ0) is 11.6. The van der Waals surface area contributed by atoms with Crippen molar-refractivity contribution in [2.45, 2.75) is 12.5 Å². The summed E-state index contributed by atoms with van der Waals surface area (Å²) in [6.45, 7) is 4.01. The maximum Gasteiger partial charge on any atom is 0.147 e. The van der Waals surface area contributed by atoms with Gasteiger partial charge in [0.2, 0.25) is 0 Å². The molecule has 0 aliphatic carbocycles. The zero-order valence-corrected chi connectivity index (χ0v) is 9.63. The number of benzene rings is 1. The van der Waals surface area contributed by atoms with Crippen molar-refractivity contribution in [2.24, 2.45) is 0 Å². The molecule has 0 aliphatic heterocycles. The van der Waals surface area contributed by atoms with Gasteiger partial charge in [-0.25, -0.2) is 0 Å². The minimum atomic E-state index is 0.0256. The predicted molar refractivity (Wildman–Crippen MR) is 67.0 cm³/mol. The van der Waals surface area contributed by atoms with Crippen molar-refractivity contribution < 1.29 is 9.47 Å². The van der Waals surface area contributed by atoms with E-state index in [9.17, 15) is 0 Å². The van der Waals surface area contributed by atoms with Crippen molar-refractivity contribution in [3.05, 3.63) is 54.6 Å². The maximum absolute atomic E-state index is 5.47. The minimum Gasteiger partial charge on any atom is -0.359 e. The molecule has 0 amide bonds. The lowest BCUT2D eigenvalue weighted by Gasteiger charge is -2.10. The highest BCUT2D eigenvalue weighted by molar-refractivity contribution is 5.49. The topological polar surface area (TPSA) is 18.5 Å². The van der Waals surface area contributed by atoms with Crippen LogP contribution >= 0.6 is 0 Å². The normalized spacial score (nSPS) is 12.8. The molecular weight excluding hydrogens is 200 g/mol. The second-order valence-corrected chi connectivity index (χ2v) is 3.41. The van der Waals surface area contributed by atoms with Crippen molar-refractivity contribution >= 4 is 6.08 Å². The van der Waals surface area contributed by atoms with Gasteiger partial charge in [-0.1, -0.05) is 48.6 Å². The highest BCUT2D eigenvalue weighted by Gasteiger charge is 2.01. The Balaban J connectivity index is 2.53. The fourth-order valence-corrected chi connectivity index (χ4v) is 1.30. The summed E-state index contributed by atoms with van der Waals surface area (Å²) in [4.78, 5) is 0. The van der Waals surface area contributed by atoms with Gasteiger partial charge in [0.15, 0.2) is 0 Å². The molecule has 0 saturated carbocycles. The largest absolute Gasteiger partial charge is 0.359 e. The molecular formula is C14H18O2. The monoisotopic (exact) mass is 218 g/mol. The molecule has 1 unspecified atom stereocenters. The Morgan fingerprint density at radius 3 is 2.69 bits per heavy atom. The van der Waals surface area contributed by atoms with E-state index in [1.165, 1.54) is 0 Å². The summed E-state index contributed by atoms with van der Waals surface area (Å²) in [5.41, 5.74) is 1.16. The number of hydrogen-bond acceptors (Lipinski definition) is 2.